The van der Waals surface area contributed by atoms with Crippen LogP contribution in [0.5, 0.6) is 17.2 Å². The van der Waals surface area contributed by atoms with Crippen LogP contribution in [0.4, 0.5) is 5.69 Å². The summed E-state index contributed by atoms with van der Waals surface area (Å²) in [7, 11) is 1.53. The Morgan fingerprint density at radius 2 is 1.42 bits per heavy atom. The summed E-state index contributed by atoms with van der Waals surface area (Å²) in [6, 6.07) is 23.1. The lowest BCUT2D eigenvalue weighted by atomic mass is 10.0. The van der Waals surface area contributed by atoms with Gasteiger partial charge in [0.15, 0.2) is 0 Å². The summed E-state index contributed by atoms with van der Waals surface area (Å²) in [5, 5.41) is 15.5. The third-order valence-corrected chi connectivity index (χ3v) is 8.18. The number of hydrogen-bond donors (Lipinski definition) is 3. The predicted octanol–water partition coefficient (Wildman–Crippen LogP) is 7.52. The van der Waals surface area contributed by atoms with E-state index in [9.17, 15) is 24.3 Å². The minimum atomic E-state index is -1.22. The van der Waals surface area contributed by atoms with Gasteiger partial charge in [-0.05, 0) is 90.3 Å². The predicted molar refractivity (Wildman–Crippen MR) is 191 cm³/mol. The molecule has 262 valence electrons. The van der Waals surface area contributed by atoms with E-state index in [1.807, 2.05) is 0 Å². The normalized spacial score (nSPS) is 11.3. The van der Waals surface area contributed by atoms with Crippen LogP contribution >= 0.6 is 11.6 Å². The second-order valence-corrected chi connectivity index (χ2v) is 12.1. The Kier molecular flexibility index (Phi) is 14.2. The van der Waals surface area contributed by atoms with Crippen LogP contribution in [0.25, 0.3) is 0 Å². The maximum Gasteiger partial charge on any atom is 0.343 e. The summed E-state index contributed by atoms with van der Waals surface area (Å²) in [5.74, 6) is -1.07. The van der Waals surface area contributed by atoms with E-state index in [1.54, 1.807) is 78.9 Å². The van der Waals surface area contributed by atoms with Gasteiger partial charge < -0.3 is 30.0 Å². The van der Waals surface area contributed by atoms with Gasteiger partial charge in [-0.1, -0.05) is 62.4 Å². The molecule has 0 saturated carbocycles. The number of esters is 1. The Hall–Kier alpha value is -5.35. The van der Waals surface area contributed by atoms with Gasteiger partial charge in [0.1, 0.15) is 23.3 Å². The van der Waals surface area contributed by atoms with Crippen molar-refractivity contribution in [1.82, 2.24) is 5.32 Å². The van der Waals surface area contributed by atoms with Crippen molar-refractivity contribution >= 4 is 41.0 Å². The Bertz CT molecular complexity index is 1740. The van der Waals surface area contributed by atoms with Crippen molar-refractivity contribution in [2.75, 3.05) is 19.0 Å². The minimum Gasteiger partial charge on any atom is -0.497 e. The van der Waals surface area contributed by atoms with E-state index in [0.717, 1.165) is 12.8 Å². The van der Waals surface area contributed by atoms with Crippen LogP contribution in [-0.2, 0) is 22.4 Å². The van der Waals surface area contributed by atoms with E-state index < -0.39 is 23.9 Å². The van der Waals surface area contributed by atoms with Crippen molar-refractivity contribution in [2.45, 2.75) is 57.9 Å². The summed E-state index contributed by atoms with van der Waals surface area (Å²) in [6.45, 7) is 2.81. The number of benzene rings is 4. The Morgan fingerprint density at radius 3 is 2.06 bits per heavy atom. The number of rotatable bonds is 18. The summed E-state index contributed by atoms with van der Waals surface area (Å²) in [5.41, 5.74) is 2.29. The molecule has 0 aromatic heterocycles. The van der Waals surface area contributed by atoms with E-state index in [2.05, 4.69) is 17.6 Å². The zero-order valence-corrected chi connectivity index (χ0v) is 28.8. The molecule has 1 unspecified atom stereocenters. The molecule has 4 aromatic carbocycles. The second kappa shape index (κ2) is 19.0. The molecule has 0 spiro atoms. The lowest BCUT2D eigenvalue weighted by Gasteiger charge is -2.15. The van der Waals surface area contributed by atoms with Crippen LogP contribution < -0.4 is 24.8 Å². The van der Waals surface area contributed by atoms with Crippen LogP contribution in [0, 0.1) is 0 Å². The first-order valence-electron chi connectivity index (χ1n) is 16.4. The number of methoxy groups -OCH3 is 1. The van der Waals surface area contributed by atoms with E-state index in [0.29, 0.717) is 51.3 Å². The minimum absolute atomic E-state index is 0.00255. The fourth-order valence-corrected chi connectivity index (χ4v) is 5.24. The number of nitrogens with one attached hydrogen (secondary N) is 2. The second-order valence-electron chi connectivity index (χ2n) is 11.6. The number of aliphatic carboxylic acids is 1. The maximum absolute atomic E-state index is 12.9. The van der Waals surface area contributed by atoms with Crippen LogP contribution in [0.3, 0.4) is 0 Å². The molecule has 0 radical (unpaired) electrons. The highest BCUT2D eigenvalue weighted by Gasteiger charge is 2.22. The van der Waals surface area contributed by atoms with Gasteiger partial charge in [0.2, 0.25) is 5.91 Å². The highest BCUT2D eigenvalue weighted by Crippen LogP contribution is 2.23. The molecule has 0 heterocycles. The fourth-order valence-electron chi connectivity index (χ4n) is 5.00. The lowest BCUT2D eigenvalue weighted by molar-refractivity contribution is -0.139. The van der Waals surface area contributed by atoms with Crippen molar-refractivity contribution in [3.05, 3.63) is 118 Å². The smallest absolute Gasteiger partial charge is 0.343 e. The molecule has 0 aliphatic carbocycles. The van der Waals surface area contributed by atoms with Crippen LogP contribution in [0.2, 0.25) is 5.02 Å². The fraction of sp³-hybridized carbons (Fsp3) is 0.282. The number of carbonyl (C=O) groups is 4. The average molecular weight is 701 g/mol. The highest BCUT2D eigenvalue weighted by molar-refractivity contribution is 6.31. The number of carboxylic acid groups (broad SMARTS) is 1. The Balaban J connectivity index is 1.25. The van der Waals surface area contributed by atoms with Gasteiger partial charge in [0, 0.05) is 22.7 Å². The van der Waals surface area contributed by atoms with Gasteiger partial charge in [0.25, 0.3) is 5.91 Å². The van der Waals surface area contributed by atoms with Crippen molar-refractivity contribution in [1.29, 1.82) is 0 Å². The quantitative estimate of drug-likeness (QED) is 0.0550. The zero-order valence-electron chi connectivity index (χ0n) is 28.1. The molecule has 4 aromatic rings. The van der Waals surface area contributed by atoms with Gasteiger partial charge in [-0.25, -0.2) is 9.59 Å². The van der Waals surface area contributed by atoms with Gasteiger partial charge >= 0.3 is 11.9 Å². The molecule has 50 heavy (non-hydrogen) atoms. The first kappa shape index (κ1) is 37.5. The Labute approximate surface area is 296 Å². The molecule has 0 bridgehead atoms. The lowest BCUT2D eigenvalue weighted by Crippen LogP contribution is -2.42. The van der Waals surface area contributed by atoms with Crippen LogP contribution in [0.15, 0.2) is 91.0 Å². The molecule has 4 rings (SSSR count). The first-order valence-corrected chi connectivity index (χ1v) is 16.8. The van der Waals surface area contributed by atoms with Gasteiger partial charge in [-0.15, -0.1) is 0 Å². The largest absolute Gasteiger partial charge is 0.497 e. The molecule has 0 fully saturated rings. The number of carbonyl (C=O) groups excluding carboxylic acids is 3. The SMILES string of the molecule is CCCCCCCOc1ccc(C(=O)Oc2ccc(CC(NC(=O)c3ccc(NC(=O)Cc4ccc(OC)cc4Cl)cc3)C(=O)O)cc2)cc1. The average Bonchev–Trinajstić information content (AvgIpc) is 3.11. The molecular weight excluding hydrogens is 660 g/mol. The number of carboxylic acids is 1. The monoisotopic (exact) mass is 700 g/mol. The number of unbranched alkanes of at least 4 members (excludes halogenated alkanes) is 4. The van der Waals surface area contributed by atoms with Crippen molar-refractivity contribution in [3.8, 4) is 17.2 Å². The van der Waals surface area contributed by atoms with Crippen LogP contribution in [-0.4, -0.2) is 48.6 Å². The molecule has 0 saturated heterocycles. The number of amides is 2. The maximum atomic E-state index is 12.9. The standard InChI is InChI=1S/C39H41ClN2O8/c1-3-4-5-6-7-22-49-31-19-12-28(13-20-31)39(47)50-32-17-8-26(9-18-32)23-35(38(45)46)42-37(44)27-10-15-30(16-11-27)41-36(43)24-29-14-21-33(48-2)25-34(29)40/h8-21,25,35H,3-7,22-24H2,1-2H3,(H,41,43)(H,42,44)(H,45,46). The van der Waals surface area contributed by atoms with Gasteiger partial charge in [-0.2, -0.15) is 0 Å². The molecular formula is C39H41ClN2O8. The highest BCUT2D eigenvalue weighted by atomic mass is 35.5. The molecule has 0 aliphatic rings. The summed E-state index contributed by atoms with van der Waals surface area (Å²) >= 11 is 6.23. The van der Waals surface area contributed by atoms with E-state index in [1.165, 1.54) is 38.5 Å². The molecule has 2 amide bonds. The number of hydrogen-bond acceptors (Lipinski definition) is 7. The van der Waals surface area contributed by atoms with E-state index >= 15 is 0 Å². The molecule has 11 heteroatoms. The van der Waals surface area contributed by atoms with Crippen molar-refractivity contribution < 1.29 is 38.5 Å². The topological polar surface area (TPSA) is 140 Å². The van der Waals surface area contributed by atoms with Crippen molar-refractivity contribution in [3.63, 3.8) is 0 Å². The van der Waals surface area contributed by atoms with Gasteiger partial charge in [0.05, 0.1) is 25.7 Å². The third kappa shape index (κ3) is 11.7. The van der Waals surface area contributed by atoms with E-state index in [4.69, 9.17) is 25.8 Å². The van der Waals surface area contributed by atoms with Crippen molar-refractivity contribution in [2.24, 2.45) is 0 Å². The molecule has 1 atom stereocenters. The van der Waals surface area contributed by atoms with E-state index in [-0.39, 0.29) is 24.3 Å². The number of anilines is 1. The molecule has 3 N–H and O–H groups in total. The third-order valence-electron chi connectivity index (χ3n) is 7.83. The summed E-state index contributed by atoms with van der Waals surface area (Å²) < 4.78 is 16.4. The van der Waals surface area contributed by atoms with Gasteiger partial charge in [-0.3, -0.25) is 9.59 Å². The molecule has 10 nitrogen and oxygen atoms in total. The van der Waals surface area contributed by atoms with Crippen LogP contribution in [0.1, 0.15) is 70.9 Å². The Morgan fingerprint density at radius 1 is 0.780 bits per heavy atom. The summed E-state index contributed by atoms with van der Waals surface area (Å²) in [6.07, 6.45) is 5.78. The number of ether oxygens (including phenoxy) is 3. The molecule has 0 aliphatic heterocycles. The summed E-state index contributed by atoms with van der Waals surface area (Å²) in [4.78, 5) is 50.1. The number of halogens is 1. The first-order chi connectivity index (χ1) is 24.1. The zero-order chi connectivity index (χ0) is 35.9.